The molecule has 18 heavy (non-hydrogen) atoms. The van der Waals surface area contributed by atoms with Crippen LogP contribution in [-0.4, -0.2) is 24.9 Å². The quantitative estimate of drug-likeness (QED) is 0.587. The summed E-state index contributed by atoms with van der Waals surface area (Å²) in [5.74, 6) is -1.94. The molecule has 5 nitrogen and oxygen atoms in total. The lowest BCUT2D eigenvalue weighted by molar-refractivity contribution is -0.139. The van der Waals surface area contributed by atoms with Gasteiger partial charge in [0.05, 0.1) is 6.07 Å². The van der Waals surface area contributed by atoms with Crippen LogP contribution in [0.25, 0.3) is 0 Å². The monoisotopic (exact) mass is 249 g/mol. The lowest BCUT2D eigenvalue weighted by Crippen LogP contribution is -2.40. The van der Waals surface area contributed by atoms with Crippen molar-refractivity contribution < 1.29 is 14.0 Å². The van der Waals surface area contributed by atoms with Crippen LogP contribution in [0.3, 0.4) is 0 Å². The van der Waals surface area contributed by atoms with E-state index >= 15 is 0 Å². The number of carbonyl (C=O) groups is 2. The van der Waals surface area contributed by atoms with Gasteiger partial charge in [0, 0.05) is 6.54 Å². The third kappa shape index (κ3) is 4.61. The highest BCUT2D eigenvalue weighted by molar-refractivity contribution is 6.35. The number of carbonyl (C=O) groups excluding carboxylic acids is 2. The number of halogens is 1. The van der Waals surface area contributed by atoms with Crippen molar-refractivity contribution in [2.45, 2.75) is 6.42 Å². The Labute approximate surface area is 104 Å². The number of nitriles is 1. The minimum absolute atomic E-state index is 0.204. The molecule has 0 radical (unpaired) electrons. The number of hydrogen-bond acceptors (Lipinski definition) is 3. The van der Waals surface area contributed by atoms with Gasteiger partial charge in [-0.25, -0.2) is 4.39 Å². The molecule has 1 aromatic carbocycles. The van der Waals surface area contributed by atoms with Gasteiger partial charge in [-0.05, 0) is 24.1 Å². The van der Waals surface area contributed by atoms with Gasteiger partial charge in [-0.1, -0.05) is 12.1 Å². The van der Waals surface area contributed by atoms with Gasteiger partial charge in [0.25, 0.3) is 0 Å². The van der Waals surface area contributed by atoms with E-state index in [-0.39, 0.29) is 18.9 Å². The molecule has 0 aliphatic carbocycles. The molecule has 0 saturated carbocycles. The van der Waals surface area contributed by atoms with Crippen molar-refractivity contribution in [3.63, 3.8) is 0 Å². The zero-order valence-corrected chi connectivity index (χ0v) is 9.57. The Balaban J connectivity index is 2.29. The Kier molecular flexibility index (Phi) is 5.32. The lowest BCUT2D eigenvalue weighted by Gasteiger charge is -2.04. The van der Waals surface area contributed by atoms with Crippen molar-refractivity contribution in [1.29, 1.82) is 5.26 Å². The summed E-state index contributed by atoms with van der Waals surface area (Å²) in [4.78, 5) is 22.3. The second-order valence-corrected chi connectivity index (χ2v) is 3.47. The predicted octanol–water partition coefficient (Wildman–Crippen LogP) is 0.124. The van der Waals surface area contributed by atoms with Crippen LogP contribution in [0.4, 0.5) is 4.39 Å². The van der Waals surface area contributed by atoms with Crippen molar-refractivity contribution >= 4 is 11.8 Å². The molecular weight excluding hydrogens is 237 g/mol. The first-order valence-electron chi connectivity index (χ1n) is 5.31. The molecule has 2 amide bonds. The van der Waals surface area contributed by atoms with E-state index in [2.05, 4.69) is 10.6 Å². The number of nitrogens with one attached hydrogen (secondary N) is 2. The Morgan fingerprint density at radius 1 is 1.17 bits per heavy atom. The average Bonchev–Trinajstić information content (AvgIpc) is 2.38. The van der Waals surface area contributed by atoms with Crippen molar-refractivity contribution in [1.82, 2.24) is 10.6 Å². The van der Waals surface area contributed by atoms with Crippen LogP contribution in [0.15, 0.2) is 24.3 Å². The molecule has 0 fully saturated rings. The maximum absolute atomic E-state index is 12.6. The molecule has 0 bridgehead atoms. The van der Waals surface area contributed by atoms with Crippen LogP contribution in [-0.2, 0) is 16.0 Å². The van der Waals surface area contributed by atoms with E-state index < -0.39 is 11.8 Å². The van der Waals surface area contributed by atoms with E-state index in [1.165, 1.54) is 12.1 Å². The summed E-state index contributed by atoms with van der Waals surface area (Å²) >= 11 is 0. The van der Waals surface area contributed by atoms with E-state index in [0.29, 0.717) is 6.42 Å². The van der Waals surface area contributed by atoms with Gasteiger partial charge in [0.2, 0.25) is 0 Å². The molecule has 94 valence electrons. The van der Waals surface area contributed by atoms with Crippen LogP contribution in [0.1, 0.15) is 5.56 Å². The van der Waals surface area contributed by atoms with Gasteiger partial charge in [-0.3, -0.25) is 9.59 Å². The molecule has 0 unspecified atom stereocenters. The normalized spacial score (nSPS) is 9.33. The zero-order chi connectivity index (χ0) is 13.4. The van der Waals surface area contributed by atoms with E-state index in [9.17, 15) is 14.0 Å². The van der Waals surface area contributed by atoms with Crippen LogP contribution in [0.2, 0.25) is 0 Å². The van der Waals surface area contributed by atoms with Crippen molar-refractivity contribution in [3.8, 4) is 6.07 Å². The molecule has 2 N–H and O–H groups in total. The maximum atomic E-state index is 12.6. The largest absolute Gasteiger partial charge is 0.348 e. The molecule has 6 heteroatoms. The fourth-order valence-corrected chi connectivity index (χ4v) is 1.25. The number of benzene rings is 1. The second-order valence-electron chi connectivity index (χ2n) is 3.47. The first kappa shape index (κ1) is 13.6. The van der Waals surface area contributed by atoms with Crippen molar-refractivity contribution in [3.05, 3.63) is 35.6 Å². The number of amides is 2. The molecule has 0 spiro atoms. The Hall–Kier alpha value is -2.42. The Morgan fingerprint density at radius 2 is 1.78 bits per heavy atom. The summed E-state index contributed by atoms with van der Waals surface area (Å²) in [7, 11) is 0. The van der Waals surface area contributed by atoms with Gasteiger partial charge in [-0.15, -0.1) is 0 Å². The molecule has 0 aromatic heterocycles. The summed E-state index contributed by atoms with van der Waals surface area (Å²) < 4.78 is 12.6. The van der Waals surface area contributed by atoms with Gasteiger partial charge >= 0.3 is 11.8 Å². The Morgan fingerprint density at radius 3 is 2.39 bits per heavy atom. The van der Waals surface area contributed by atoms with Crippen LogP contribution < -0.4 is 10.6 Å². The summed E-state index contributed by atoms with van der Waals surface area (Å²) in [5.41, 5.74) is 0.856. The molecule has 0 aliphatic heterocycles. The minimum Gasteiger partial charge on any atom is -0.348 e. The van der Waals surface area contributed by atoms with Crippen molar-refractivity contribution in [2.24, 2.45) is 0 Å². The maximum Gasteiger partial charge on any atom is 0.310 e. The number of rotatable bonds is 4. The van der Waals surface area contributed by atoms with E-state index in [1.807, 2.05) is 0 Å². The highest BCUT2D eigenvalue weighted by Gasteiger charge is 2.11. The highest BCUT2D eigenvalue weighted by atomic mass is 19.1. The van der Waals surface area contributed by atoms with Gasteiger partial charge in [0.15, 0.2) is 0 Å². The third-order valence-corrected chi connectivity index (χ3v) is 2.15. The van der Waals surface area contributed by atoms with Crippen molar-refractivity contribution in [2.75, 3.05) is 13.1 Å². The van der Waals surface area contributed by atoms with Gasteiger partial charge in [-0.2, -0.15) is 5.26 Å². The fourth-order valence-electron chi connectivity index (χ4n) is 1.25. The molecule has 0 heterocycles. The van der Waals surface area contributed by atoms with Crippen LogP contribution >= 0.6 is 0 Å². The summed E-state index contributed by atoms with van der Waals surface area (Å²) in [6.07, 6.45) is 0.498. The predicted molar refractivity (Wildman–Crippen MR) is 61.7 cm³/mol. The third-order valence-electron chi connectivity index (χ3n) is 2.15. The fraction of sp³-hybridized carbons (Fsp3) is 0.250. The first-order valence-corrected chi connectivity index (χ1v) is 5.31. The smallest absolute Gasteiger partial charge is 0.310 e. The molecule has 0 saturated heterocycles. The summed E-state index contributed by atoms with van der Waals surface area (Å²) in [6.45, 7) is 0.0641. The SMILES string of the molecule is N#CCNC(=O)C(=O)NCCc1ccc(F)cc1. The molecule has 0 atom stereocenters. The standard InChI is InChI=1S/C12H12FN3O2/c13-10-3-1-9(2-4-10)5-7-15-11(17)12(18)16-8-6-14/h1-4H,5,7-8H2,(H,15,17)(H,16,18). The molecule has 1 rings (SSSR count). The van der Waals surface area contributed by atoms with Gasteiger partial charge < -0.3 is 10.6 Å². The first-order chi connectivity index (χ1) is 8.63. The molecule has 1 aromatic rings. The summed E-state index contributed by atoms with van der Waals surface area (Å²) in [5, 5.41) is 12.7. The second kappa shape index (κ2) is 7.01. The lowest BCUT2D eigenvalue weighted by atomic mass is 10.1. The average molecular weight is 249 g/mol. The van der Waals surface area contributed by atoms with E-state index in [4.69, 9.17) is 5.26 Å². The molecule has 0 aliphatic rings. The zero-order valence-electron chi connectivity index (χ0n) is 9.57. The van der Waals surface area contributed by atoms with Crippen LogP contribution in [0, 0.1) is 17.1 Å². The highest BCUT2D eigenvalue weighted by Crippen LogP contribution is 2.02. The number of nitrogens with zero attached hydrogens (tertiary/aromatic N) is 1. The summed E-state index contributed by atoms with van der Waals surface area (Å²) in [6, 6.07) is 7.57. The van der Waals surface area contributed by atoms with Gasteiger partial charge in [0.1, 0.15) is 12.4 Å². The minimum atomic E-state index is -0.837. The molecular formula is C12H12FN3O2. The Bertz CT molecular complexity index is 465. The van der Waals surface area contributed by atoms with E-state index in [1.54, 1.807) is 18.2 Å². The topological polar surface area (TPSA) is 82.0 Å². The van der Waals surface area contributed by atoms with Crippen LogP contribution in [0.5, 0.6) is 0 Å². The van der Waals surface area contributed by atoms with E-state index in [0.717, 1.165) is 5.56 Å². The number of hydrogen-bond donors (Lipinski definition) is 2.